The number of carbonyl (C=O) groups is 2. The lowest BCUT2D eigenvalue weighted by Crippen LogP contribution is -2.26. The number of rotatable bonds is 3. The third-order valence-corrected chi connectivity index (χ3v) is 3.80. The summed E-state index contributed by atoms with van der Waals surface area (Å²) in [6.45, 7) is 2.51. The lowest BCUT2D eigenvalue weighted by Gasteiger charge is -2.18. The topological polar surface area (TPSA) is 46.6 Å². The number of nitrogens with zero attached hydrogens (tertiary/aromatic N) is 1. The molecule has 0 unspecified atom stereocenters. The molecule has 0 N–H and O–H groups in total. The fourth-order valence-electron chi connectivity index (χ4n) is 2.80. The number of benzene rings is 2. The van der Waals surface area contributed by atoms with E-state index < -0.39 is 0 Å². The van der Waals surface area contributed by atoms with E-state index in [1.54, 1.807) is 11.8 Å². The van der Waals surface area contributed by atoms with E-state index in [1.807, 2.05) is 42.5 Å². The zero-order chi connectivity index (χ0) is 14.8. The average molecular weight is 283 g/mol. The van der Waals surface area contributed by atoms with Gasteiger partial charge in [-0.1, -0.05) is 36.4 Å². The first-order valence-electron chi connectivity index (χ1n) is 7.15. The number of anilines is 1. The molecule has 0 radical (unpaired) electrons. The summed E-state index contributed by atoms with van der Waals surface area (Å²) in [4.78, 5) is 25.8. The molecule has 2 aromatic carbocycles. The van der Waals surface area contributed by atoms with Crippen molar-refractivity contribution in [2.75, 3.05) is 18.1 Å². The zero-order valence-electron chi connectivity index (χ0n) is 11.9. The fourth-order valence-corrected chi connectivity index (χ4v) is 2.80. The largest absolute Gasteiger partial charge is 0.466 e. The molecular formula is C17H17NO3. The second kappa shape index (κ2) is 5.56. The van der Waals surface area contributed by atoms with Crippen LogP contribution in [0.1, 0.15) is 13.3 Å². The van der Waals surface area contributed by atoms with Crippen molar-refractivity contribution in [3.8, 4) is 0 Å². The van der Waals surface area contributed by atoms with Crippen molar-refractivity contribution < 1.29 is 14.3 Å². The minimum atomic E-state index is -0.364. The summed E-state index contributed by atoms with van der Waals surface area (Å²) in [5.74, 6) is -0.672. The van der Waals surface area contributed by atoms with Gasteiger partial charge < -0.3 is 9.64 Å². The Balaban J connectivity index is 1.93. The SMILES string of the molecule is CCOC(=O)[C@@H]1CC(=O)N(c2cccc3ccccc23)C1. The van der Waals surface area contributed by atoms with Crippen LogP contribution >= 0.6 is 0 Å². The molecule has 4 nitrogen and oxygen atoms in total. The van der Waals surface area contributed by atoms with Crippen LogP contribution in [0.3, 0.4) is 0 Å². The van der Waals surface area contributed by atoms with Crippen LogP contribution in [-0.2, 0) is 14.3 Å². The second-order valence-electron chi connectivity index (χ2n) is 5.16. The Bertz CT molecular complexity index is 690. The smallest absolute Gasteiger partial charge is 0.311 e. The van der Waals surface area contributed by atoms with Crippen LogP contribution in [0.15, 0.2) is 42.5 Å². The maximum Gasteiger partial charge on any atom is 0.311 e. The van der Waals surface area contributed by atoms with Crippen LogP contribution in [0.5, 0.6) is 0 Å². The molecule has 1 amide bonds. The summed E-state index contributed by atoms with van der Waals surface area (Å²) in [5, 5.41) is 2.11. The first kappa shape index (κ1) is 13.6. The molecule has 1 heterocycles. The molecule has 0 aromatic heterocycles. The predicted molar refractivity (Wildman–Crippen MR) is 81.0 cm³/mol. The van der Waals surface area contributed by atoms with Gasteiger partial charge in [-0.3, -0.25) is 9.59 Å². The highest BCUT2D eigenvalue weighted by atomic mass is 16.5. The second-order valence-corrected chi connectivity index (χ2v) is 5.16. The minimum absolute atomic E-state index is 0.0237. The third-order valence-electron chi connectivity index (χ3n) is 3.80. The van der Waals surface area contributed by atoms with E-state index in [-0.39, 0.29) is 24.2 Å². The van der Waals surface area contributed by atoms with Crippen LogP contribution in [0, 0.1) is 5.92 Å². The predicted octanol–water partition coefficient (Wildman–Crippen LogP) is 2.76. The molecule has 2 aromatic rings. The number of hydrogen-bond donors (Lipinski definition) is 0. The number of fused-ring (bicyclic) bond motifs is 1. The first-order chi connectivity index (χ1) is 10.2. The van der Waals surface area contributed by atoms with E-state index in [2.05, 4.69) is 0 Å². The molecule has 1 saturated heterocycles. The molecule has 3 rings (SSSR count). The van der Waals surface area contributed by atoms with Gasteiger partial charge in [0.25, 0.3) is 0 Å². The van der Waals surface area contributed by atoms with Crippen LogP contribution < -0.4 is 4.90 Å². The number of esters is 1. The highest BCUT2D eigenvalue weighted by molar-refractivity contribution is 6.06. The molecule has 0 bridgehead atoms. The summed E-state index contributed by atoms with van der Waals surface area (Å²) in [6.07, 6.45) is 0.224. The third kappa shape index (κ3) is 2.49. The quantitative estimate of drug-likeness (QED) is 0.814. The molecule has 0 spiro atoms. The van der Waals surface area contributed by atoms with Gasteiger partial charge in [0.2, 0.25) is 5.91 Å². The van der Waals surface area contributed by atoms with Crippen LogP contribution in [0.2, 0.25) is 0 Å². The Labute approximate surface area is 123 Å². The standard InChI is InChI=1S/C17H17NO3/c1-2-21-17(20)13-10-16(19)18(11-13)15-9-5-7-12-6-3-4-8-14(12)15/h3-9,13H,2,10-11H2,1H3/t13-/m1/s1. The van der Waals surface area contributed by atoms with E-state index in [0.29, 0.717) is 13.2 Å². The van der Waals surface area contributed by atoms with Gasteiger partial charge in [-0.25, -0.2) is 0 Å². The number of amides is 1. The summed E-state index contributed by atoms with van der Waals surface area (Å²) in [6, 6.07) is 13.8. The van der Waals surface area contributed by atoms with E-state index in [4.69, 9.17) is 4.74 Å². The summed E-state index contributed by atoms with van der Waals surface area (Å²) >= 11 is 0. The molecule has 1 aliphatic rings. The van der Waals surface area contributed by atoms with Crippen LogP contribution in [0.4, 0.5) is 5.69 Å². The Morgan fingerprint density at radius 1 is 1.24 bits per heavy atom. The lowest BCUT2D eigenvalue weighted by atomic mass is 10.1. The molecule has 21 heavy (non-hydrogen) atoms. The van der Waals surface area contributed by atoms with Gasteiger partial charge in [0.05, 0.1) is 18.2 Å². The van der Waals surface area contributed by atoms with Crippen molar-refractivity contribution in [2.45, 2.75) is 13.3 Å². The Hall–Kier alpha value is -2.36. The highest BCUT2D eigenvalue weighted by Gasteiger charge is 2.36. The van der Waals surface area contributed by atoms with Gasteiger partial charge in [0, 0.05) is 18.4 Å². The van der Waals surface area contributed by atoms with Crippen LogP contribution in [-0.4, -0.2) is 25.0 Å². The lowest BCUT2D eigenvalue weighted by molar-refractivity contribution is -0.147. The van der Waals surface area contributed by atoms with Crippen molar-refractivity contribution >= 4 is 28.3 Å². The molecule has 4 heteroatoms. The highest BCUT2D eigenvalue weighted by Crippen LogP contribution is 2.31. The van der Waals surface area contributed by atoms with Gasteiger partial charge in [-0.05, 0) is 18.4 Å². The Morgan fingerprint density at radius 2 is 2.00 bits per heavy atom. The van der Waals surface area contributed by atoms with E-state index in [0.717, 1.165) is 16.5 Å². The van der Waals surface area contributed by atoms with Crippen molar-refractivity contribution in [2.24, 2.45) is 5.92 Å². The first-order valence-corrected chi connectivity index (χ1v) is 7.15. The molecule has 1 aliphatic heterocycles. The van der Waals surface area contributed by atoms with E-state index in [1.165, 1.54) is 0 Å². The molecule has 0 aliphatic carbocycles. The number of ether oxygens (including phenoxy) is 1. The summed E-state index contributed by atoms with van der Waals surface area (Å²) in [7, 11) is 0. The van der Waals surface area contributed by atoms with Crippen molar-refractivity contribution in [1.29, 1.82) is 0 Å². The van der Waals surface area contributed by atoms with Gasteiger partial charge in [-0.2, -0.15) is 0 Å². The average Bonchev–Trinajstić information content (AvgIpc) is 2.89. The molecule has 1 atom stereocenters. The van der Waals surface area contributed by atoms with E-state index in [9.17, 15) is 9.59 Å². The normalized spacial score (nSPS) is 18.2. The van der Waals surface area contributed by atoms with Crippen LogP contribution in [0.25, 0.3) is 10.8 Å². The van der Waals surface area contributed by atoms with Crippen molar-refractivity contribution in [1.82, 2.24) is 0 Å². The Morgan fingerprint density at radius 3 is 2.81 bits per heavy atom. The minimum Gasteiger partial charge on any atom is -0.466 e. The molecule has 0 saturated carbocycles. The molecule has 108 valence electrons. The van der Waals surface area contributed by atoms with Crippen molar-refractivity contribution in [3.63, 3.8) is 0 Å². The zero-order valence-corrected chi connectivity index (χ0v) is 11.9. The van der Waals surface area contributed by atoms with Gasteiger partial charge in [0.1, 0.15) is 0 Å². The Kier molecular flexibility index (Phi) is 3.60. The van der Waals surface area contributed by atoms with Gasteiger partial charge >= 0.3 is 5.97 Å². The monoisotopic (exact) mass is 283 g/mol. The fraction of sp³-hybridized carbons (Fsp3) is 0.294. The van der Waals surface area contributed by atoms with Gasteiger partial charge in [0.15, 0.2) is 0 Å². The number of hydrogen-bond acceptors (Lipinski definition) is 3. The van der Waals surface area contributed by atoms with E-state index >= 15 is 0 Å². The molecule has 1 fully saturated rings. The summed E-state index contributed by atoms with van der Waals surface area (Å²) < 4.78 is 5.03. The molecular weight excluding hydrogens is 266 g/mol. The van der Waals surface area contributed by atoms with Crippen molar-refractivity contribution in [3.05, 3.63) is 42.5 Å². The number of carbonyl (C=O) groups excluding carboxylic acids is 2. The maximum absolute atomic E-state index is 12.3. The summed E-state index contributed by atoms with van der Waals surface area (Å²) in [5.41, 5.74) is 0.866. The van der Waals surface area contributed by atoms with Gasteiger partial charge in [-0.15, -0.1) is 0 Å². The maximum atomic E-state index is 12.3.